The highest BCUT2D eigenvalue weighted by Crippen LogP contribution is 2.52. The molecule has 18 heavy (non-hydrogen) atoms. The van der Waals surface area contributed by atoms with Gasteiger partial charge in [-0.05, 0) is 44.4 Å². The summed E-state index contributed by atoms with van der Waals surface area (Å²) in [5.41, 5.74) is 0.311. The number of nitrogens with zero attached hydrogens (tertiary/aromatic N) is 1. The highest BCUT2D eigenvalue weighted by atomic mass is 16.2. The predicted molar refractivity (Wildman–Crippen MR) is 73.3 cm³/mol. The van der Waals surface area contributed by atoms with Crippen LogP contribution in [0.25, 0.3) is 0 Å². The Morgan fingerprint density at radius 2 is 2.11 bits per heavy atom. The molecule has 3 fully saturated rings. The van der Waals surface area contributed by atoms with E-state index in [0.717, 1.165) is 12.3 Å². The summed E-state index contributed by atoms with van der Waals surface area (Å²) in [6, 6.07) is 0.578. The van der Waals surface area contributed by atoms with E-state index in [1.165, 1.54) is 64.2 Å². The molecule has 2 saturated heterocycles. The quantitative estimate of drug-likeness (QED) is 0.743. The van der Waals surface area contributed by atoms with E-state index in [4.69, 9.17) is 0 Å². The molecule has 0 aromatic rings. The van der Waals surface area contributed by atoms with Gasteiger partial charge in [0.25, 0.3) is 0 Å². The molecular weight excluding hydrogens is 222 g/mol. The largest absolute Gasteiger partial charge is 0.334 e. The van der Waals surface area contributed by atoms with Crippen LogP contribution in [0.15, 0.2) is 0 Å². The summed E-state index contributed by atoms with van der Waals surface area (Å²) in [4.78, 5) is 14.8. The maximum absolute atomic E-state index is 12.4. The Labute approximate surface area is 111 Å². The molecule has 0 N–H and O–H groups in total. The van der Waals surface area contributed by atoms with Gasteiger partial charge in [0.2, 0.25) is 5.91 Å². The van der Waals surface area contributed by atoms with Crippen LogP contribution in [0, 0.1) is 5.92 Å². The predicted octanol–water partition coefficient (Wildman–Crippen LogP) is 3.89. The topological polar surface area (TPSA) is 20.3 Å². The molecule has 2 aliphatic heterocycles. The van der Waals surface area contributed by atoms with E-state index < -0.39 is 0 Å². The van der Waals surface area contributed by atoms with Crippen LogP contribution in [0.1, 0.15) is 77.6 Å². The van der Waals surface area contributed by atoms with Crippen molar-refractivity contribution in [3.63, 3.8) is 0 Å². The molecule has 1 spiro atoms. The van der Waals surface area contributed by atoms with E-state index in [-0.39, 0.29) is 0 Å². The lowest BCUT2D eigenvalue weighted by molar-refractivity contribution is -0.142. The Morgan fingerprint density at radius 3 is 2.94 bits per heavy atom. The summed E-state index contributed by atoms with van der Waals surface area (Å²) >= 11 is 0. The van der Waals surface area contributed by atoms with Gasteiger partial charge < -0.3 is 4.90 Å². The number of hydrogen-bond donors (Lipinski definition) is 0. The molecule has 1 aliphatic carbocycles. The molecule has 3 atom stereocenters. The summed E-state index contributed by atoms with van der Waals surface area (Å²) < 4.78 is 0. The first-order valence-corrected chi connectivity index (χ1v) is 8.10. The van der Waals surface area contributed by atoms with Crippen molar-refractivity contribution in [2.24, 2.45) is 5.92 Å². The molecule has 0 aromatic heterocycles. The van der Waals surface area contributed by atoms with E-state index in [9.17, 15) is 4.79 Å². The fourth-order valence-electron chi connectivity index (χ4n) is 4.97. The number of rotatable bonds is 3. The maximum atomic E-state index is 12.4. The van der Waals surface area contributed by atoms with Gasteiger partial charge in [-0.2, -0.15) is 0 Å². The molecule has 2 heteroatoms. The molecule has 102 valence electrons. The summed E-state index contributed by atoms with van der Waals surface area (Å²) in [7, 11) is 0. The molecule has 3 aliphatic rings. The fraction of sp³-hybridized carbons (Fsp3) is 0.938. The Balaban J connectivity index is 1.83. The first kappa shape index (κ1) is 12.5. The number of unbranched alkanes of at least 4 members (excludes halogenated alkanes) is 1. The van der Waals surface area contributed by atoms with Crippen LogP contribution in [0.5, 0.6) is 0 Å². The Bertz CT molecular complexity index is 327. The van der Waals surface area contributed by atoms with E-state index in [2.05, 4.69) is 11.8 Å². The van der Waals surface area contributed by atoms with Crippen LogP contribution in [0.2, 0.25) is 0 Å². The number of hydrogen-bond acceptors (Lipinski definition) is 1. The summed E-state index contributed by atoms with van der Waals surface area (Å²) in [5.74, 6) is 1.30. The first-order chi connectivity index (χ1) is 8.78. The van der Waals surface area contributed by atoms with Gasteiger partial charge in [-0.25, -0.2) is 0 Å². The smallest absolute Gasteiger partial charge is 0.223 e. The van der Waals surface area contributed by atoms with Gasteiger partial charge in [0, 0.05) is 18.0 Å². The van der Waals surface area contributed by atoms with Crippen molar-refractivity contribution in [1.82, 2.24) is 4.90 Å². The van der Waals surface area contributed by atoms with Crippen molar-refractivity contribution in [3.05, 3.63) is 0 Å². The maximum Gasteiger partial charge on any atom is 0.223 e. The fourth-order valence-corrected chi connectivity index (χ4v) is 4.97. The molecule has 2 nitrogen and oxygen atoms in total. The summed E-state index contributed by atoms with van der Waals surface area (Å²) in [6.45, 7) is 2.26. The third-order valence-corrected chi connectivity index (χ3v) is 5.80. The van der Waals surface area contributed by atoms with Gasteiger partial charge in [0.15, 0.2) is 0 Å². The van der Waals surface area contributed by atoms with E-state index in [1.807, 2.05) is 0 Å². The van der Waals surface area contributed by atoms with Crippen LogP contribution in [0.3, 0.4) is 0 Å². The number of carbonyl (C=O) groups excluding carboxylic acids is 1. The highest BCUT2D eigenvalue weighted by molar-refractivity contribution is 5.80. The van der Waals surface area contributed by atoms with E-state index in [0.29, 0.717) is 17.5 Å². The zero-order valence-corrected chi connectivity index (χ0v) is 11.8. The normalized spacial score (nSPS) is 39.6. The van der Waals surface area contributed by atoms with Crippen LogP contribution in [-0.2, 0) is 4.79 Å². The number of piperidine rings is 1. The Kier molecular flexibility index (Phi) is 3.38. The van der Waals surface area contributed by atoms with Gasteiger partial charge in [-0.15, -0.1) is 0 Å². The highest BCUT2D eigenvalue weighted by Gasteiger charge is 2.55. The van der Waals surface area contributed by atoms with Crippen molar-refractivity contribution in [1.29, 1.82) is 0 Å². The van der Waals surface area contributed by atoms with Crippen molar-refractivity contribution in [2.75, 3.05) is 0 Å². The van der Waals surface area contributed by atoms with Crippen molar-refractivity contribution in [2.45, 2.75) is 89.1 Å². The molecule has 0 aromatic carbocycles. The lowest BCUT2D eigenvalue weighted by Crippen LogP contribution is -2.59. The second kappa shape index (κ2) is 4.86. The second-order valence-electron chi connectivity index (χ2n) is 6.68. The molecular formula is C16H27NO. The lowest BCUT2D eigenvalue weighted by Gasteiger charge is -2.54. The zero-order valence-electron chi connectivity index (χ0n) is 11.8. The zero-order chi connectivity index (χ0) is 12.6. The number of carbonyl (C=O) groups is 1. The van der Waals surface area contributed by atoms with Gasteiger partial charge in [-0.1, -0.05) is 32.6 Å². The van der Waals surface area contributed by atoms with Gasteiger partial charge in [0.1, 0.15) is 0 Å². The monoisotopic (exact) mass is 249 g/mol. The van der Waals surface area contributed by atoms with Crippen molar-refractivity contribution in [3.8, 4) is 0 Å². The van der Waals surface area contributed by atoms with Crippen molar-refractivity contribution < 1.29 is 4.79 Å². The Morgan fingerprint density at radius 1 is 1.22 bits per heavy atom. The molecule has 1 saturated carbocycles. The molecule has 3 rings (SSSR count). The van der Waals surface area contributed by atoms with Gasteiger partial charge >= 0.3 is 0 Å². The molecule has 3 unspecified atom stereocenters. The average Bonchev–Trinajstić information content (AvgIpc) is 2.73. The van der Waals surface area contributed by atoms with Crippen LogP contribution >= 0.6 is 0 Å². The van der Waals surface area contributed by atoms with Crippen LogP contribution < -0.4 is 0 Å². The second-order valence-corrected chi connectivity index (χ2v) is 6.68. The van der Waals surface area contributed by atoms with Gasteiger partial charge in [-0.3, -0.25) is 4.79 Å². The summed E-state index contributed by atoms with van der Waals surface area (Å²) in [5, 5.41) is 0. The minimum atomic E-state index is 0.311. The van der Waals surface area contributed by atoms with Crippen molar-refractivity contribution >= 4 is 5.91 Å². The van der Waals surface area contributed by atoms with E-state index in [1.54, 1.807) is 0 Å². The standard InChI is InChI=1S/C16H27NO/c1-2-3-7-14-9-8-13-6-4-5-11-16(13)12-10-15(18)17(14)16/h13-14H,2-12H2,1H3. The van der Waals surface area contributed by atoms with Crippen LogP contribution in [0.4, 0.5) is 0 Å². The molecule has 0 radical (unpaired) electrons. The molecule has 1 amide bonds. The Hall–Kier alpha value is -0.530. The lowest BCUT2D eigenvalue weighted by atomic mass is 9.66. The van der Waals surface area contributed by atoms with E-state index >= 15 is 0 Å². The SMILES string of the molecule is CCCCC1CCC2CCCCC23CCC(=O)N13. The minimum Gasteiger partial charge on any atom is -0.334 e. The van der Waals surface area contributed by atoms with Crippen LogP contribution in [-0.4, -0.2) is 22.4 Å². The third kappa shape index (κ3) is 1.80. The number of amides is 1. The molecule has 2 heterocycles. The first-order valence-electron chi connectivity index (χ1n) is 8.10. The molecule has 0 bridgehead atoms. The average molecular weight is 249 g/mol. The summed E-state index contributed by atoms with van der Waals surface area (Å²) in [6.07, 6.45) is 13.9. The van der Waals surface area contributed by atoms with Gasteiger partial charge in [0.05, 0.1) is 0 Å². The third-order valence-electron chi connectivity index (χ3n) is 5.80. The minimum absolute atomic E-state index is 0.311.